The molecule has 0 unspecified atom stereocenters. The zero-order valence-corrected chi connectivity index (χ0v) is 16.0. The number of nitrogens with zero attached hydrogens (tertiary/aromatic N) is 1. The monoisotopic (exact) mass is 363 g/mol. The number of carbonyl (C=O) groups excluding carboxylic acids is 2. The highest BCUT2D eigenvalue weighted by Crippen LogP contribution is 2.24. The van der Waals surface area contributed by atoms with Gasteiger partial charge in [0.1, 0.15) is 11.4 Å². The molecule has 7 nitrogen and oxygen atoms in total. The maximum atomic E-state index is 12.6. The molecule has 1 aliphatic rings. The van der Waals surface area contributed by atoms with Gasteiger partial charge in [-0.3, -0.25) is 4.79 Å². The first kappa shape index (κ1) is 19.9. The van der Waals surface area contributed by atoms with Crippen LogP contribution in [0, 0.1) is 5.92 Å². The summed E-state index contributed by atoms with van der Waals surface area (Å²) in [4.78, 5) is 26.2. The molecule has 26 heavy (non-hydrogen) atoms. The Labute approximate surface area is 154 Å². The molecule has 1 aromatic carbocycles. The van der Waals surface area contributed by atoms with Gasteiger partial charge in [0.15, 0.2) is 0 Å². The molecule has 3 N–H and O–H groups in total. The minimum atomic E-state index is -0.500. The molecule has 7 heteroatoms. The van der Waals surface area contributed by atoms with Crippen LogP contribution in [-0.2, 0) is 4.74 Å². The molecule has 1 aliphatic heterocycles. The Morgan fingerprint density at radius 3 is 2.46 bits per heavy atom. The third-order valence-electron chi connectivity index (χ3n) is 4.31. The predicted molar refractivity (Wildman–Crippen MR) is 100 cm³/mol. The van der Waals surface area contributed by atoms with E-state index in [9.17, 15) is 9.59 Å². The SMILES string of the molecule is COc1ccc(C(=O)N2CCC(CNC(=O)OC(C)(C)C)CC2)cc1N. The van der Waals surface area contributed by atoms with Crippen molar-refractivity contribution < 1.29 is 19.1 Å². The lowest BCUT2D eigenvalue weighted by Crippen LogP contribution is -2.42. The number of methoxy groups -OCH3 is 1. The zero-order chi connectivity index (χ0) is 19.3. The molecule has 144 valence electrons. The molecule has 0 aliphatic carbocycles. The number of alkyl carbamates (subject to hydrolysis) is 1. The summed E-state index contributed by atoms with van der Waals surface area (Å²) in [5.74, 6) is 0.874. The summed E-state index contributed by atoms with van der Waals surface area (Å²) in [5.41, 5.74) is 6.40. The standard InChI is InChI=1S/C19H29N3O4/c1-19(2,3)26-18(24)21-12-13-7-9-22(10-8-13)17(23)14-5-6-16(25-4)15(20)11-14/h5-6,11,13H,7-10,12,20H2,1-4H3,(H,21,24). The van der Waals surface area contributed by atoms with Gasteiger partial charge in [-0.2, -0.15) is 0 Å². The number of hydrogen-bond donors (Lipinski definition) is 2. The number of nitrogen functional groups attached to an aromatic ring is 1. The van der Waals surface area contributed by atoms with Crippen molar-refractivity contribution in [1.82, 2.24) is 10.2 Å². The van der Waals surface area contributed by atoms with Crippen LogP contribution < -0.4 is 15.8 Å². The normalized spacial score (nSPS) is 15.5. The highest BCUT2D eigenvalue weighted by atomic mass is 16.6. The largest absolute Gasteiger partial charge is 0.495 e. The highest BCUT2D eigenvalue weighted by molar-refractivity contribution is 5.95. The van der Waals surface area contributed by atoms with E-state index in [2.05, 4.69) is 5.32 Å². The van der Waals surface area contributed by atoms with E-state index in [1.54, 1.807) is 25.3 Å². The van der Waals surface area contributed by atoms with Crippen molar-refractivity contribution in [3.63, 3.8) is 0 Å². The summed E-state index contributed by atoms with van der Waals surface area (Å²) >= 11 is 0. The van der Waals surface area contributed by atoms with Crippen LogP contribution >= 0.6 is 0 Å². The van der Waals surface area contributed by atoms with Gasteiger partial charge in [-0.1, -0.05) is 0 Å². The maximum Gasteiger partial charge on any atom is 0.407 e. The van der Waals surface area contributed by atoms with Crippen molar-refractivity contribution in [2.75, 3.05) is 32.5 Å². The number of benzene rings is 1. The molecule has 0 spiro atoms. The van der Waals surface area contributed by atoms with Crippen LogP contribution in [0.5, 0.6) is 5.75 Å². The van der Waals surface area contributed by atoms with Crippen LogP contribution in [0.1, 0.15) is 44.0 Å². The number of nitrogens with one attached hydrogen (secondary N) is 1. The topological polar surface area (TPSA) is 93.9 Å². The van der Waals surface area contributed by atoms with E-state index in [1.165, 1.54) is 0 Å². The Morgan fingerprint density at radius 1 is 1.27 bits per heavy atom. The predicted octanol–water partition coefficient (Wildman–Crippen LogP) is 2.65. The molecule has 2 rings (SSSR count). The van der Waals surface area contributed by atoms with Crippen LogP contribution in [0.15, 0.2) is 18.2 Å². The van der Waals surface area contributed by atoms with Crippen molar-refractivity contribution in [3.05, 3.63) is 23.8 Å². The molecule has 2 amide bonds. The summed E-state index contributed by atoms with van der Waals surface area (Å²) < 4.78 is 10.4. The van der Waals surface area contributed by atoms with Crippen LogP contribution in [-0.4, -0.2) is 49.2 Å². The number of hydrogen-bond acceptors (Lipinski definition) is 5. The molecule has 1 aromatic rings. The minimum Gasteiger partial charge on any atom is -0.495 e. The fourth-order valence-corrected chi connectivity index (χ4v) is 2.93. The second-order valence-electron chi connectivity index (χ2n) is 7.58. The molecular formula is C19H29N3O4. The number of amides is 2. The van der Waals surface area contributed by atoms with Crippen LogP contribution in [0.3, 0.4) is 0 Å². The van der Waals surface area contributed by atoms with Crippen LogP contribution in [0.2, 0.25) is 0 Å². The van der Waals surface area contributed by atoms with Crippen LogP contribution in [0.4, 0.5) is 10.5 Å². The van der Waals surface area contributed by atoms with Crippen molar-refractivity contribution in [2.24, 2.45) is 5.92 Å². The number of nitrogens with two attached hydrogens (primary N) is 1. The van der Waals surface area contributed by atoms with Gasteiger partial charge in [-0.25, -0.2) is 4.79 Å². The molecule has 0 radical (unpaired) electrons. The second-order valence-corrected chi connectivity index (χ2v) is 7.58. The first-order valence-electron chi connectivity index (χ1n) is 8.89. The Hall–Kier alpha value is -2.44. The number of likely N-dealkylation sites (tertiary alicyclic amines) is 1. The van der Waals surface area contributed by atoms with Gasteiger partial charge in [0.25, 0.3) is 5.91 Å². The smallest absolute Gasteiger partial charge is 0.407 e. The van der Waals surface area contributed by atoms with E-state index in [4.69, 9.17) is 15.2 Å². The second kappa shape index (κ2) is 8.29. The summed E-state index contributed by atoms with van der Waals surface area (Å²) in [6.07, 6.45) is 1.28. The first-order chi connectivity index (χ1) is 12.2. The number of ether oxygens (including phenoxy) is 2. The lowest BCUT2D eigenvalue weighted by atomic mass is 9.96. The van der Waals surface area contributed by atoms with Crippen molar-refractivity contribution in [2.45, 2.75) is 39.2 Å². The lowest BCUT2D eigenvalue weighted by Gasteiger charge is -2.32. The average Bonchev–Trinajstić information content (AvgIpc) is 2.58. The fourth-order valence-electron chi connectivity index (χ4n) is 2.93. The summed E-state index contributed by atoms with van der Waals surface area (Å²) in [6.45, 7) is 7.39. The number of anilines is 1. The molecule has 0 atom stereocenters. The Morgan fingerprint density at radius 2 is 1.92 bits per heavy atom. The number of rotatable bonds is 4. The van der Waals surface area contributed by atoms with Gasteiger partial charge >= 0.3 is 6.09 Å². The van der Waals surface area contributed by atoms with Gasteiger partial charge in [-0.15, -0.1) is 0 Å². The van der Waals surface area contributed by atoms with E-state index >= 15 is 0 Å². The van der Waals surface area contributed by atoms with Crippen molar-refractivity contribution >= 4 is 17.7 Å². The lowest BCUT2D eigenvalue weighted by molar-refractivity contribution is 0.0500. The highest BCUT2D eigenvalue weighted by Gasteiger charge is 2.25. The van der Waals surface area contributed by atoms with E-state index in [-0.39, 0.29) is 5.91 Å². The number of carbonyl (C=O) groups is 2. The summed E-state index contributed by atoms with van der Waals surface area (Å²) in [5, 5.41) is 2.81. The summed E-state index contributed by atoms with van der Waals surface area (Å²) in [6, 6.07) is 5.09. The van der Waals surface area contributed by atoms with Gasteiger partial charge in [-0.05, 0) is 57.7 Å². The molecule has 1 saturated heterocycles. The van der Waals surface area contributed by atoms with E-state index < -0.39 is 11.7 Å². The van der Waals surface area contributed by atoms with Gasteiger partial charge < -0.3 is 25.4 Å². The Balaban J connectivity index is 1.81. The minimum absolute atomic E-state index is 0.0297. The van der Waals surface area contributed by atoms with Gasteiger partial charge in [0.05, 0.1) is 12.8 Å². The maximum absolute atomic E-state index is 12.6. The van der Waals surface area contributed by atoms with Crippen LogP contribution in [0.25, 0.3) is 0 Å². The fraction of sp³-hybridized carbons (Fsp3) is 0.579. The van der Waals surface area contributed by atoms with Gasteiger partial charge in [0.2, 0.25) is 0 Å². The van der Waals surface area contributed by atoms with Gasteiger partial charge in [0, 0.05) is 25.2 Å². The van der Waals surface area contributed by atoms with E-state index in [1.807, 2.05) is 25.7 Å². The van der Waals surface area contributed by atoms with E-state index in [0.29, 0.717) is 42.6 Å². The third-order valence-corrected chi connectivity index (χ3v) is 4.31. The molecule has 0 saturated carbocycles. The molecule has 0 bridgehead atoms. The first-order valence-corrected chi connectivity index (χ1v) is 8.89. The Kier molecular flexibility index (Phi) is 6.34. The molecule has 0 aromatic heterocycles. The molecule has 1 fully saturated rings. The summed E-state index contributed by atoms with van der Waals surface area (Å²) in [7, 11) is 1.54. The third kappa shape index (κ3) is 5.54. The van der Waals surface area contributed by atoms with Crippen molar-refractivity contribution in [1.29, 1.82) is 0 Å². The quantitative estimate of drug-likeness (QED) is 0.802. The zero-order valence-electron chi connectivity index (χ0n) is 16.0. The van der Waals surface area contributed by atoms with Crippen molar-refractivity contribution in [3.8, 4) is 5.75 Å². The Bertz CT molecular complexity index is 647. The van der Waals surface area contributed by atoms with E-state index in [0.717, 1.165) is 12.8 Å². The molecule has 1 heterocycles. The number of piperidine rings is 1. The average molecular weight is 363 g/mol. The molecular weight excluding hydrogens is 334 g/mol.